The Labute approximate surface area is 175 Å². The van der Waals surface area contributed by atoms with Crippen LogP contribution in [0.15, 0.2) is 48.5 Å². The summed E-state index contributed by atoms with van der Waals surface area (Å²) in [7, 11) is 0. The first-order valence-electron chi connectivity index (χ1n) is 10.3. The summed E-state index contributed by atoms with van der Waals surface area (Å²) in [6.07, 6.45) is 1.04. The largest absolute Gasteiger partial charge is 0.350 e. The maximum absolute atomic E-state index is 13.1. The monoisotopic (exact) mass is 394 g/mol. The number of hydrogen-bond donors (Lipinski definition) is 1. The smallest absolute Gasteiger partial charge is 0.242 e. The Morgan fingerprint density at radius 2 is 1.38 bits per heavy atom. The van der Waals surface area contributed by atoms with Gasteiger partial charge in [-0.25, -0.2) is 0 Å². The Morgan fingerprint density at radius 3 is 1.86 bits per heavy atom. The van der Waals surface area contributed by atoms with Gasteiger partial charge >= 0.3 is 0 Å². The molecule has 2 amide bonds. The number of nitrogens with zero attached hydrogens (tertiary/aromatic N) is 1. The molecular weight excluding hydrogens is 360 g/mol. The Morgan fingerprint density at radius 1 is 0.897 bits per heavy atom. The number of rotatable bonds is 7. The molecule has 0 aliphatic rings. The Balaban J connectivity index is 2.15. The van der Waals surface area contributed by atoms with Gasteiger partial charge in [-0.05, 0) is 59.1 Å². The van der Waals surface area contributed by atoms with E-state index >= 15 is 0 Å². The molecule has 0 saturated carbocycles. The zero-order valence-corrected chi connectivity index (χ0v) is 18.6. The molecule has 0 aromatic heterocycles. The van der Waals surface area contributed by atoms with E-state index in [1.165, 1.54) is 11.1 Å². The number of amides is 2. The molecule has 0 radical (unpaired) electrons. The van der Waals surface area contributed by atoms with Crippen LogP contribution >= 0.6 is 0 Å². The summed E-state index contributed by atoms with van der Waals surface area (Å²) in [5.41, 5.74) is 4.19. The van der Waals surface area contributed by atoms with Crippen LogP contribution < -0.4 is 5.32 Å². The molecule has 29 heavy (non-hydrogen) atoms. The summed E-state index contributed by atoms with van der Waals surface area (Å²) < 4.78 is 0. The fourth-order valence-corrected chi connectivity index (χ4v) is 3.10. The van der Waals surface area contributed by atoms with E-state index < -0.39 is 6.04 Å². The Bertz CT molecular complexity index is 817. The van der Waals surface area contributed by atoms with Gasteiger partial charge in [0.05, 0.1) is 0 Å². The maximum Gasteiger partial charge on any atom is 0.242 e. The van der Waals surface area contributed by atoms with Crippen molar-refractivity contribution < 1.29 is 9.59 Å². The lowest BCUT2D eigenvalue weighted by molar-refractivity contribution is -0.141. The molecule has 0 heterocycles. The second kappa shape index (κ2) is 9.73. The molecule has 4 heteroatoms. The molecule has 2 rings (SSSR count). The molecule has 0 fully saturated rings. The lowest BCUT2D eigenvalue weighted by atomic mass is 10.0. The van der Waals surface area contributed by atoms with Gasteiger partial charge in [-0.3, -0.25) is 9.59 Å². The fourth-order valence-electron chi connectivity index (χ4n) is 3.10. The van der Waals surface area contributed by atoms with Crippen LogP contribution in [0.5, 0.6) is 0 Å². The van der Waals surface area contributed by atoms with Gasteiger partial charge < -0.3 is 10.2 Å². The average Bonchev–Trinajstić information content (AvgIpc) is 2.65. The second-order valence-electron chi connectivity index (χ2n) is 8.91. The van der Waals surface area contributed by atoms with Crippen LogP contribution in [0.25, 0.3) is 0 Å². The summed E-state index contributed by atoms with van der Waals surface area (Å²) in [6, 6.07) is 15.8. The molecule has 0 aliphatic heterocycles. The normalized spacial score (nSPS) is 12.3. The maximum atomic E-state index is 13.1. The van der Waals surface area contributed by atoms with Crippen LogP contribution in [0.1, 0.15) is 56.4 Å². The highest BCUT2D eigenvalue weighted by Crippen LogP contribution is 2.15. The standard InChI is InChI=1S/C25H34N2O2/c1-18-7-11-21(12-8-18)15-16-23(28)27(17-22-13-9-19(2)10-14-22)20(3)24(29)26-25(4,5)6/h7-14,20H,15-17H2,1-6H3,(H,26,29). The van der Waals surface area contributed by atoms with Gasteiger partial charge in [-0.2, -0.15) is 0 Å². The van der Waals surface area contributed by atoms with Crippen LogP contribution in [0.3, 0.4) is 0 Å². The zero-order valence-electron chi connectivity index (χ0n) is 18.6. The lowest BCUT2D eigenvalue weighted by Crippen LogP contribution is -2.52. The predicted molar refractivity (Wildman–Crippen MR) is 119 cm³/mol. The quantitative estimate of drug-likeness (QED) is 0.748. The third-order valence-corrected chi connectivity index (χ3v) is 4.89. The van der Waals surface area contributed by atoms with Crippen molar-refractivity contribution in [2.75, 3.05) is 0 Å². The molecule has 0 aliphatic carbocycles. The SMILES string of the molecule is Cc1ccc(CCC(=O)N(Cc2ccc(C)cc2)C(C)C(=O)NC(C)(C)C)cc1. The molecule has 1 unspecified atom stereocenters. The van der Waals surface area contributed by atoms with Crippen LogP contribution in [-0.2, 0) is 22.6 Å². The summed E-state index contributed by atoms with van der Waals surface area (Å²) in [5, 5.41) is 3.00. The second-order valence-corrected chi connectivity index (χ2v) is 8.91. The Hall–Kier alpha value is -2.62. The molecule has 2 aromatic carbocycles. The van der Waals surface area contributed by atoms with Crippen molar-refractivity contribution in [3.05, 3.63) is 70.8 Å². The van der Waals surface area contributed by atoms with Crippen molar-refractivity contribution >= 4 is 11.8 Å². The molecule has 1 N–H and O–H groups in total. The van der Waals surface area contributed by atoms with Crippen molar-refractivity contribution in [3.63, 3.8) is 0 Å². The van der Waals surface area contributed by atoms with E-state index in [-0.39, 0.29) is 17.4 Å². The molecule has 0 spiro atoms. The third-order valence-electron chi connectivity index (χ3n) is 4.89. The molecule has 0 saturated heterocycles. The topological polar surface area (TPSA) is 49.4 Å². The van der Waals surface area contributed by atoms with Crippen molar-refractivity contribution in [2.45, 2.75) is 72.5 Å². The van der Waals surface area contributed by atoms with Gasteiger partial charge in [0.2, 0.25) is 11.8 Å². The summed E-state index contributed by atoms with van der Waals surface area (Å²) in [5.74, 6) is -0.143. The van der Waals surface area contributed by atoms with E-state index in [2.05, 4.69) is 29.6 Å². The minimum absolute atomic E-state index is 0.0114. The summed E-state index contributed by atoms with van der Waals surface area (Å²) >= 11 is 0. The van der Waals surface area contributed by atoms with Crippen molar-refractivity contribution in [2.24, 2.45) is 0 Å². The first kappa shape index (κ1) is 22.7. The van der Waals surface area contributed by atoms with Crippen LogP contribution in [0.4, 0.5) is 0 Å². The average molecular weight is 395 g/mol. The van der Waals surface area contributed by atoms with Gasteiger partial charge in [0.25, 0.3) is 0 Å². The Kier molecular flexibility index (Phi) is 7.60. The van der Waals surface area contributed by atoms with Gasteiger partial charge in [0.1, 0.15) is 6.04 Å². The van der Waals surface area contributed by atoms with Crippen molar-refractivity contribution in [3.8, 4) is 0 Å². The van der Waals surface area contributed by atoms with E-state index in [0.717, 1.165) is 11.1 Å². The van der Waals surface area contributed by atoms with Gasteiger partial charge in [0, 0.05) is 18.5 Å². The number of aryl methyl sites for hydroxylation is 3. The van der Waals surface area contributed by atoms with Crippen LogP contribution in [0.2, 0.25) is 0 Å². The molecule has 0 bridgehead atoms. The molecule has 156 valence electrons. The van der Waals surface area contributed by atoms with Crippen LogP contribution in [-0.4, -0.2) is 28.3 Å². The van der Waals surface area contributed by atoms with E-state index in [1.54, 1.807) is 11.8 Å². The van der Waals surface area contributed by atoms with E-state index in [4.69, 9.17) is 0 Å². The first-order chi connectivity index (χ1) is 13.5. The van der Waals surface area contributed by atoms with E-state index in [1.807, 2.05) is 58.9 Å². The molecule has 1 atom stereocenters. The number of nitrogens with one attached hydrogen (secondary N) is 1. The van der Waals surface area contributed by atoms with Gasteiger partial charge in [0.15, 0.2) is 0 Å². The minimum Gasteiger partial charge on any atom is -0.350 e. The van der Waals surface area contributed by atoms with Crippen molar-refractivity contribution in [1.82, 2.24) is 10.2 Å². The van der Waals surface area contributed by atoms with Gasteiger partial charge in [-0.1, -0.05) is 59.7 Å². The highest BCUT2D eigenvalue weighted by molar-refractivity contribution is 5.87. The number of carbonyl (C=O) groups excluding carboxylic acids is 2. The summed E-state index contributed by atoms with van der Waals surface area (Å²) in [6.45, 7) is 12.1. The molecular formula is C25H34N2O2. The number of hydrogen-bond acceptors (Lipinski definition) is 2. The van der Waals surface area contributed by atoms with E-state index in [0.29, 0.717) is 19.4 Å². The molecule has 2 aromatic rings. The van der Waals surface area contributed by atoms with Crippen molar-refractivity contribution in [1.29, 1.82) is 0 Å². The lowest BCUT2D eigenvalue weighted by Gasteiger charge is -2.31. The number of carbonyl (C=O) groups is 2. The van der Waals surface area contributed by atoms with Crippen LogP contribution in [0, 0.1) is 13.8 Å². The number of benzene rings is 2. The fraction of sp³-hybridized carbons (Fsp3) is 0.440. The van der Waals surface area contributed by atoms with E-state index in [9.17, 15) is 9.59 Å². The molecule has 4 nitrogen and oxygen atoms in total. The predicted octanol–water partition coefficient (Wildman–Crippen LogP) is 4.57. The highest BCUT2D eigenvalue weighted by Gasteiger charge is 2.28. The minimum atomic E-state index is -0.541. The van der Waals surface area contributed by atoms with Gasteiger partial charge in [-0.15, -0.1) is 0 Å². The zero-order chi connectivity index (χ0) is 21.6. The highest BCUT2D eigenvalue weighted by atomic mass is 16.2. The third kappa shape index (κ3) is 7.37. The summed E-state index contributed by atoms with van der Waals surface area (Å²) in [4.78, 5) is 27.6. The first-order valence-corrected chi connectivity index (χ1v) is 10.3.